The van der Waals surface area contributed by atoms with E-state index < -0.39 is 0 Å². The smallest absolute Gasteiger partial charge is 0.237 e. The summed E-state index contributed by atoms with van der Waals surface area (Å²) in [5, 5.41) is 8.76. The fourth-order valence-electron chi connectivity index (χ4n) is 2.45. The van der Waals surface area contributed by atoms with Gasteiger partial charge in [-0.2, -0.15) is 0 Å². The molecule has 2 heterocycles. The van der Waals surface area contributed by atoms with Gasteiger partial charge in [0.05, 0.1) is 12.3 Å². The Morgan fingerprint density at radius 1 is 1.38 bits per heavy atom. The minimum Gasteiger partial charge on any atom is -0.324 e. The molecular weight excluding hydrogens is 286 g/mol. The summed E-state index contributed by atoms with van der Waals surface area (Å²) in [6.45, 7) is 1.10. The zero-order valence-electron chi connectivity index (χ0n) is 11.8. The molecule has 0 saturated heterocycles. The van der Waals surface area contributed by atoms with Crippen molar-refractivity contribution in [1.82, 2.24) is 14.8 Å². The number of amides is 1. The predicted octanol–water partition coefficient (Wildman–Crippen LogP) is 0.955. The maximum atomic E-state index is 12.4. The Kier molecular flexibility index (Phi) is 3.94. The molecule has 0 spiro atoms. The predicted molar refractivity (Wildman–Crippen MR) is 82.1 cm³/mol. The van der Waals surface area contributed by atoms with Crippen molar-refractivity contribution in [3.05, 3.63) is 35.7 Å². The number of benzene rings is 1. The van der Waals surface area contributed by atoms with Gasteiger partial charge in [-0.25, -0.2) is 0 Å². The van der Waals surface area contributed by atoms with Crippen LogP contribution >= 0.6 is 11.8 Å². The van der Waals surface area contributed by atoms with Crippen LogP contribution < -0.4 is 10.6 Å². The molecule has 0 fully saturated rings. The van der Waals surface area contributed by atoms with Crippen LogP contribution in [0.3, 0.4) is 0 Å². The Morgan fingerprint density at radius 3 is 2.95 bits per heavy atom. The van der Waals surface area contributed by atoms with E-state index >= 15 is 0 Å². The maximum absolute atomic E-state index is 12.4. The van der Waals surface area contributed by atoms with Crippen LogP contribution in [0.4, 0.5) is 5.69 Å². The van der Waals surface area contributed by atoms with Crippen LogP contribution in [0.5, 0.6) is 0 Å². The topological polar surface area (TPSA) is 77.0 Å². The fourth-order valence-corrected chi connectivity index (χ4v) is 3.26. The zero-order chi connectivity index (χ0) is 14.8. The van der Waals surface area contributed by atoms with Crippen molar-refractivity contribution in [2.75, 3.05) is 17.2 Å². The first-order valence-corrected chi connectivity index (χ1v) is 7.78. The standard InChI is InChI=1S/C14H17N5OS/c1-18-12(8-15)16-17-14(18)21-9-13(20)19-7-6-10-4-2-3-5-11(10)19/h2-5H,6-9,15H2,1H3. The van der Waals surface area contributed by atoms with Gasteiger partial charge in [0, 0.05) is 19.3 Å². The SMILES string of the molecule is Cn1c(CN)nnc1SCC(=O)N1CCc2ccccc21. The first-order valence-electron chi connectivity index (χ1n) is 6.80. The quantitative estimate of drug-likeness (QED) is 0.851. The Bertz CT molecular complexity index is 669. The molecule has 2 aromatic rings. The minimum absolute atomic E-state index is 0.0993. The van der Waals surface area contributed by atoms with E-state index in [1.54, 1.807) is 0 Å². The van der Waals surface area contributed by atoms with E-state index in [1.165, 1.54) is 17.3 Å². The van der Waals surface area contributed by atoms with Gasteiger partial charge in [-0.3, -0.25) is 4.79 Å². The summed E-state index contributed by atoms with van der Waals surface area (Å²) in [6, 6.07) is 8.05. The highest BCUT2D eigenvalue weighted by molar-refractivity contribution is 7.99. The molecule has 0 saturated carbocycles. The summed E-state index contributed by atoms with van der Waals surface area (Å²) in [6.07, 6.45) is 0.924. The number of fused-ring (bicyclic) bond motifs is 1. The molecule has 1 aromatic heterocycles. The molecule has 21 heavy (non-hydrogen) atoms. The Hall–Kier alpha value is -1.86. The number of anilines is 1. The van der Waals surface area contributed by atoms with Gasteiger partial charge in [0.2, 0.25) is 5.91 Å². The number of nitrogens with zero attached hydrogens (tertiary/aromatic N) is 4. The first-order chi connectivity index (χ1) is 10.2. The third-order valence-electron chi connectivity index (χ3n) is 3.62. The Labute approximate surface area is 127 Å². The molecule has 0 unspecified atom stereocenters. The molecule has 2 N–H and O–H groups in total. The van der Waals surface area contributed by atoms with Gasteiger partial charge < -0.3 is 15.2 Å². The van der Waals surface area contributed by atoms with Gasteiger partial charge in [-0.1, -0.05) is 30.0 Å². The first kappa shape index (κ1) is 14.1. The van der Waals surface area contributed by atoms with Gasteiger partial charge in [0.15, 0.2) is 5.16 Å². The van der Waals surface area contributed by atoms with Crippen molar-refractivity contribution in [3.63, 3.8) is 0 Å². The highest BCUT2D eigenvalue weighted by Gasteiger charge is 2.24. The molecule has 1 amide bonds. The molecule has 0 radical (unpaired) electrons. The van der Waals surface area contributed by atoms with Crippen molar-refractivity contribution < 1.29 is 4.79 Å². The number of aromatic nitrogens is 3. The molecule has 1 aliphatic heterocycles. The third-order valence-corrected chi connectivity index (χ3v) is 4.63. The monoisotopic (exact) mass is 303 g/mol. The highest BCUT2D eigenvalue weighted by atomic mass is 32.2. The van der Waals surface area contributed by atoms with E-state index in [4.69, 9.17) is 5.73 Å². The second kappa shape index (κ2) is 5.87. The second-order valence-corrected chi connectivity index (χ2v) is 5.82. The van der Waals surface area contributed by atoms with Gasteiger partial charge in [0.1, 0.15) is 5.82 Å². The van der Waals surface area contributed by atoms with E-state index in [0.717, 1.165) is 29.6 Å². The van der Waals surface area contributed by atoms with Gasteiger partial charge in [0.25, 0.3) is 0 Å². The molecule has 1 aliphatic rings. The lowest BCUT2D eigenvalue weighted by atomic mass is 10.2. The van der Waals surface area contributed by atoms with Crippen molar-refractivity contribution in [1.29, 1.82) is 0 Å². The fraction of sp³-hybridized carbons (Fsp3) is 0.357. The number of hydrogen-bond donors (Lipinski definition) is 1. The molecule has 7 heteroatoms. The van der Waals surface area contributed by atoms with Crippen molar-refractivity contribution in [3.8, 4) is 0 Å². The van der Waals surface area contributed by atoms with E-state index in [9.17, 15) is 4.79 Å². The maximum Gasteiger partial charge on any atom is 0.237 e. The third kappa shape index (κ3) is 2.66. The van der Waals surface area contributed by atoms with E-state index in [0.29, 0.717) is 12.3 Å². The van der Waals surface area contributed by atoms with Crippen LogP contribution in [0, 0.1) is 0 Å². The summed E-state index contributed by atoms with van der Waals surface area (Å²) in [5.74, 6) is 1.17. The molecule has 3 rings (SSSR count). The molecule has 110 valence electrons. The summed E-state index contributed by atoms with van der Waals surface area (Å²) in [7, 11) is 1.86. The molecule has 0 bridgehead atoms. The number of nitrogens with two attached hydrogens (primary N) is 1. The van der Waals surface area contributed by atoms with E-state index in [2.05, 4.69) is 16.3 Å². The number of thioether (sulfide) groups is 1. The lowest BCUT2D eigenvalue weighted by Crippen LogP contribution is -2.30. The summed E-state index contributed by atoms with van der Waals surface area (Å²) < 4.78 is 1.83. The average Bonchev–Trinajstić information content (AvgIpc) is 3.08. The zero-order valence-corrected chi connectivity index (χ0v) is 12.6. The van der Waals surface area contributed by atoms with Crippen LogP contribution in [0.2, 0.25) is 0 Å². The lowest BCUT2D eigenvalue weighted by molar-refractivity contribution is -0.116. The molecule has 1 aromatic carbocycles. The summed E-state index contributed by atoms with van der Waals surface area (Å²) in [5.41, 5.74) is 7.83. The second-order valence-electron chi connectivity index (χ2n) is 4.87. The number of carbonyl (C=O) groups excluding carboxylic acids is 1. The van der Waals surface area contributed by atoms with Gasteiger partial charge >= 0.3 is 0 Å². The van der Waals surface area contributed by atoms with Crippen molar-refractivity contribution in [2.24, 2.45) is 12.8 Å². The van der Waals surface area contributed by atoms with Crippen LogP contribution in [0.15, 0.2) is 29.4 Å². The van der Waals surface area contributed by atoms with E-state index in [1.807, 2.05) is 34.7 Å². The van der Waals surface area contributed by atoms with Crippen LogP contribution in [0.25, 0.3) is 0 Å². The molecule has 0 aliphatic carbocycles. The number of carbonyl (C=O) groups is 1. The number of hydrogen-bond acceptors (Lipinski definition) is 5. The van der Waals surface area contributed by atoms with Crippen molar-refractivity contribution >= 4 is 23.4 Å². The highest BCUT2D eigenvalue weighted by Crippen LogP contribution is 2.28. The normalized spacial score (nSPS) is 13.5. The van der Waals surface area contributed by atoms with Crippen LogP contribution in [0.1, 0.15) is 11.4 Å². The number of rotatable bonds is 4. The molecule has 6 nitrogen and oxygen atoms in total. The summed E-state index contributed by atoms with van der Waals surface area (Å²) >= 11 is 1.40. The van der Waals surface area contributed by atoms with Crippen LogP contribution in [-0.2, 0) is 24.8 Å². The Balaban J connectivity index is 1.66. The van der Waals surface area contributed by atoms with Gasteiger partial charge in [-0.15, -0.1) is 10.2 Å². The molecular formula is C14H17N5OS. The van der Waals surface area contributed by atoms with Gasteiger partial charge in [-0.05, 0) is 18.1 Å². The molecule has 0 atom stereocenters. The van der Waals surface area contributed by atoms with Crippen molar-refractivity contribution in [2.45, 2.75) is 18.1 Å². The average molecular weight is 303 g/mol. The largest absolute Gasteiger partial charge is 0.324 e. The van der Waals surface area contributed by atoms with E-state index in [-0.39, 0.29) is 5.91 Å². The minimum atomic E-state index is 0.0993. The Morgan fingerprint density at radius 2 is 2.19 bits per heavy atom. The van der Waals surface area contributed by atoms with Crippen LogP contribution in [-0.4, -0.2) is 33.0 Å². The lowest BCUT2D eigenvalue weighted by Gasteiger charge is -2.16. The number of para-hydroxylation sites is 1. The summed E-state index contributed by atoms with van der Waals surface area (Å²) in [4.78, 5) is 14.2.